The lowest BCUT2D eigenvalue weighted by Crippen LogP contribution is -2.06. The van der Waals surface area contributed by atoms with Crippen LogP contribution in [-0.4, -0.2) is 10.2 Å². The molecule has 1 N–H and O–H groups in total. The van der Waals surface area contributed by atoms with Gasteiger partial charge in [-0.1, -0.05) is 36.5 Å². The maximum absolute atomic E-state index is 4.15. The maximum Gasteiger partial charge on any atom is 0.206 e. The second-order valence-corrected chi connectivity index (χ2v) is 5.63. The number of anilines is 1. The smallest absolute Gasteiger partial charge is 0.206 e. The highest BCUT2D eigenvalue weighted by Crippen LogP contribution is 2.23. The van der Waals surface area contributed by atoms with E-state index < -0.39 is 0 Å². The van der Waals surface area contributed by atoms with Gasteiger partial charge in [-0.3, -0.25) is 0 Å². The van der Waals surface area contributed by atoms with E-state index in [-0.39, 0.29) is 6.04 Å². The highest BCUT2D eigenvalue weighted by Gasteiger charge is 2.09. The zero-order valence-electron chi connectivity index (χ0n) is 11.3. The van der Waals surface area contributed by atoms with Gasteiger partial charge in [-0.05, 0) is 43.9 Å². The van der Waals surface area contributed by atoms with Gasteiger partial charge < -0.3 is 5.32 Å². The van der Waals surface area contributed by atoms with Crippen molar-refractivity contribution in [1.29, 1.82) is 0 Å². The third kappa shape index (κ3) is 2.88. The molecule has 2 rings (SSSR count). The summed E-state index contributed by atoms with van der Waals surface area (Å²) in [6, 6.07) is 6.82. The van der Waals surface area contributed by atoms with Crippen LogP contribution in [0, 0.1) is 13.8 Å². The third-order valence-electron chi connectivity index (χ3n) is 3.14. The Morgan fingerprint density at radius 2 is 2.00 bits per heavy atom. The summed E-state index contributed by atoms with van der Waals surface area (Å²) in [7, 11) is 0. The molecule has 1 atom stereocenters. The van der Waals surface area contributed by atoms with E-state index in [1.807, 2.05) is 0 Å². The number of benzene rings is 1. The lowest BCUT2D eigenvalue weighted by molar-refractivity contribution is 0.867. The molecule has 0 fully saturated rings. The van der Waals surface area contributed by atoms with Crippen LogP contribution < -0.4 is 5.32 Å². The number of aryl methyl sites for hydroxylation is 3. The molecule has 96 valence electrons. The van der Waals surface area contributed by atoms with Crippen molar-refractivity contribution in [2.75, 3.05) is 5.32 Å². The molecule has 0 aliphatic rings. The first kappa shape index (κ1) is 13.0. The van der Waals surface area contributed by atoms with Crippen molar-refractivity contribution < 1.29 is 0 Å². The Hall–Kier alpha value is -1.42. The summed E-state index contributed by atoms with van der Waals surface area (Å²) in [4.78, 5) is 0. The van der Waals surface area contributed by atoms with Crippen LogP contribution in [0.5, 0.6) is 0 Å². The van der Waals surface area contributed by atoms with E-state index in [0.29, 0.717) is 0 Å². The van der Waals surface area contributed by atoms with Crippen molar-refractivity contribution in [2.24, 2.45) is 0 Å². The van der Waals surface area contributed by atoms with Crippen molar-refractivity contribution >= 4 is 16.5 Å². The van der Waals surface area contributed by atoms with Crippen LogP contribution in [0.25, 0.3) is 0 Å². The van der Waals surface area contributed by atoms with Crippen molar-refractivity contribution in [3.8, 4) is 0 Å². The van der Waals surface area contributed by atoms with Crippen LogP contribution in [0.4, 0.5) is 5.13 Å². The molecular formula is C14H19N3S. The van der Waals surface area contributed by atoms with Crippen LogP contribution in [-0.2, 0) is 6.42 Å². The molecule has 0 spiro atoms. The molecular weight excluding hydrogens is 242 g/mol. The molecule has 0 aliphatic carbocycles. The van der Waals surface area contributed by atoms with E-state index in [2.05, 4.69) is 61.4 Å². The van der Waals surface area contributed by atoms with Gasteiger partial charge in [0.05, 0.1) is 6.04 Å². The number of rotatable bonds is 4. The molecule has 1 heterocycles. The maximum atomic E-state index is 4.15. The van der Waals surface area contributed by atoms with Gasteiger partial charge in [0.15, 0.2) is 0 Å². The Labute approximate surface area is 112 Å². The third-order valence-corrected chi connectivity index (χ3v) is 4.14. The number of aromatic nitrogens is 2. The van der Waals surface area contributed by atoms with Gasteiger partial charge in [-0.2, -0.15) is 0 Å². The van der Waals surface area contributed by atoms with Crippen LogP contribution in [0.1, 0.15) is 41.6 Å². The summed E-state index contributed by atoms with van der Waals surface area (Å²) in [6.45, 7) is 8.52. The molecule has 1 aromatic carbocycles. The number of hydrogen-bond acceptors (Lipinski definition) is 4. The van der Waals surface area contributed by atoms with E-state index in [1.165, 1.54) is 16.7 Å². The molecule has 0 saturated carbocycles. The minimum Gasteiger partial charge on any atom is -0.354 e. The summed E-state index contributed by atoms with van der Waals surface area (Å²) in [5.41, 5.74) is 3.94. The quantitative estimate of drug-likeness (QED) is 0.907. The Morgan fingerprint density at radius 3 is 2.61 bits per heavy atom. The van der Waals surface area contributed by atoms with E-state index >= 15 is 0 Å². The first-order valence-corrected chi connectivity index (χ1v) is 7.08. The molecule has 1 aromatic heterocycles. The molecule has 0 amide bonds. The van der Waals surface area contributed by atoms with Crippen molar-refractivity contribution in [3.05, 3.63) is 39.9 Å². The topological polar surface area (TPSA) is 37.8 Å². The largest absolute Gasteiger partial charge is 0.354 e. The molecule has 18 heavy (non-hydrogen) atoms. The highest BCUT2D eigenvalue weighted by molar-refractivity contribution is 7.15. The zero-order valence-corrected chi connectivity index (χ0v) is 12.1. The number of nitrogens with one attached hydrogen (secondary N) is 1. The summed E-state index contributed by atoms with van der Waals surface area (Å²) >= 11 is 1.63. The average molecular weight is 261 g/mol. The SMILES string of the molecule is CCc1nnc(NC(C)c2ccc(C)c(C)c2)s1. The lowest BCUT2D eigenvalue weighted by Gasteiger charge is -2.14. The van der Waals surface area contributed by atoms with Crippen molar-refractivity contribution in [1.82, 2.24) is 10.2 Å². The normalized spacial score (nSPS) is 12.4. The van der Waals surface area contributed by atoms with Gasteiger partial charge in [-0.25, -0.2) is 0 Å². The average Bonchev–Trinajstić information content (AvgIpc) is 2.80. The molecule has 0 saturated heterocycles. The van der Waals surface area contributed by atoms with Crippen LogP contribution >= 0.6 is 11.3 Å². The molecule has 0 aliphatic heterocycles. The lowest BCUT2D eigenvalue weighted by atomic mass is 10.0. The monoisotopic (exact) mass is 261 g/mol. The van der Waals surface area contributed by atoms with Gasteiger partial charge in [0.1, 0.15) is 5.01 Å². The molecule has 4 heteroatoms. The minimum absolute atomic E-state index is 0.252. The predicted octanol–water partition coefficient (Wildman–Crippen LogP) is 3.89. The van der Waals surface area contributed by atoms with Crippen LogP contribution in [0.3, 0.4) is 0 Å². The zero-order chi connectivity index (χ0) is 13.1. The Bertz CT molecular complexity index is 534. The molecule has 2 aromatic rings. The second kappa shape index (κ2) is 5.48. The fraction of sp³-hybridized carbons (Fsp3) is 0.429. The van der Waals surface area contributed by atoms with Crippen molar-refractivity contribution in [3.63, 3.8) is 0 Å². The van der Waals surface area contributed by atoms with Gasteiger partial charge in [-0.15, -0.1) is 10.2 Å². The van der Waals surface area contributed by atoms with Gasteiger partial charge in [0.2, 0.25) is 5.13 Å². The molecule has 3 nitrogen and oxygen atoms in total. The minimum atomic E-state index is 0.252. The van der Waals surface area contributed by atoms with E-state index in [4.69, 9.17) is 0 Å². The van der Waals surface area contributed by atoms with Gasteiger partial charge >= 0.3 is 0 Å². The van der Waals surface area contributed by atoms with Crippen LogP contribution in [0.2, 0.25) is 0 Å². The summed E-state index contributed by atoms with van der Waals surface area (Å²) in [5.74, 6) is 0. The van der Waals surface area contributed by atoms with E-state index in [1.54, 1.807) is 11.3 Å². The van der Waals surface area contributed by atoms with E-state index in [9.17, 15) is 0 Å². The number of nitrogens with zero attached hydrogens (tertiary/aromatic N) is 2. The summed E-state index contributed by atoms with van der Waals surface area (Å²) in [5, 5.41) is 13.6. The second-order valence-electron chi connectivity index (χ2n) is 4.56. The Balaban J connectivity index is 2.11. The predicted molar refractivity (Wildman–Crippen MR) is 77.2 cm³/mol. The summed E-state index contributed by atoms with van der Waals surface area (Å²) in [6.07, 6.45) is 0.942. The first-order valence-electron chi connectivity index (χ1n) is 6.26. The molecule has 1 unspecified atom stereocenters. The van der Waals surface area contributed by atoms with Gasteiger partial charge in [0, 0.05) is 0 Å². The van der Waals surface area contributed by atoms with Crippen molar-refractivity contribution in [2.45, 2.75) is 40.2 Å². The Morgan fingerprint density at radius 1 is 1.22 bits per heavy atom. The fourth-order valence-corrected chi connectivity index (χ4v) is 2.52. The Kier molecular flexibility index (Phi) is 3.97. The van der Waals surface area contributed by atoms with Gasteiger partial charge in [0.25, 0.3) is 0 Å². The highest BCUT2D eigenvalue weighted by atomic mass is 32.1. The summed E-state index contributed by atoms with van der Waals surface area (Å²) < 4.78 is 0. The standard InChI is InChI=1S/C14H19N3S/c1-5-13-16-17-14(18-13)15-11(4)12-7-6-9(2)10(3)8-12/h6-8,11H,5H2,1-4H3,(H,15,17). The first-order chi connectivity index (χ1) is 8.60. The molecule has 0 radical (unpaired) electrons. The molecule has 0 bridgehead atoms. The number of hydrogen-bond donors (Lipinski definition) is 1. The van der Waals surface area contributed by atoms with E-state index in [0.717, 1.165) is 16.6 Å². The fourth-order valence-electron chi connectivity index (χ4n) is 1.76. The van der Waals surface area contributed by atoms with Crippen LogP contribution in [0.15, 0.2) is 18.2 Å².